The van der Waals surface area contributed by atoms with Gasteiger partial charge in [0.2, 0.25) is 17.0 Å². The molecule has 2 aromatic carbocycles. The van der Waals surface area contributed by atoms with E-state index in [4.69, 9.17) is 0 Å². The fraction of sp³-hybridized carbons (Fsp3) is 0.211. The predicted octanol–water partition coefficient (Wildman–Crippen LogP) is 3.22. The molecule has 2 amide bonds. The minimum atomic E-state index is -0.456. The Hall–Kier alpha value is -2.92. The number of thioether (sulfide) groups is 2. The van der Waals surface area contributed by atoms with Crippen LogP contribution in [0.5, 0.6) is 0 Å². The van der Waals surface area contributed by atoms with Gasteiger partial charge in [-0.3, -0.25) is 9.59 Å². The number of amides is 2. The van der Waals surface area contributed by atoms with E-state index >= 15 is 0 Å². The highest BCUT2D eigenvalue weighted by Gasteiger charge is 2.16. The summed E-state index contributed by atoms with van der Waals surface area (Å²) in [7, 11) is 0. The zero-order valence-corrected chi connectivity index (χ0v) is 17.8. The average molecular weight is 447 g/mol. The number of carbonyl (C=O) groups excluding carboxylic acids is 2. The topological polar surface area (TPSA) is 102 Å². The molecule has 1 aromatic heterocycles. The quantitative estimate of drug-likeness (QED) is 0.512. The Balaban J connectivity index is 1.53. The summed E-state index contributed by atoms with van der Waals surface area (Å²) in [6, 6.07) is 12.7. The zero-order chi connectivity index (χ0) is 21.5. The Kier molecular flexibility index (Phi) is 7.41. The molecule has 0 bridgehead atoms. The molecule has 2 N–H and O–H groups in total. The molecule has 156 valence electrons. The third-order valence-electron chi connectivity index (χ3n) is 3.94. The number of tetrazole rings is 1. The number of hydrogen-bond donors (Lipinski definition) is 2. The van der Waals surface area contributed by atoms with Crippen molar-refractivity contribution in [3.63, 3.8) is 0 Å². The molecule has 1 heterocycles. The third-order valence-corrected chi connectivity index (χ3v) is 5.71. The Morgan fingerprint density at radius 2 is 1.90 bits per heavy atom. The smallest absolute Gasteiger partial charge is 0.237 e. The first-order chi connectivity index (χ1) is 14.5. The van der Waals surface area contributed by atoms with Gasteiger partial charge in [-0.15, -0.1) is 16.9 Å². The van der Waals surface area contributed by atoms with E-state index < -0.39 is 5.25 Å². The largest absolute Gasteiger partial charge is 0.325 e. The Morgan fingerprint density at radius 1 is 1.13 bits per heavy atom. The molecule has 8 nitrogen and oxygen atoms in total. The van der Waals surface area contributed by atoms with Crippen molar-refractivity contribution in [2.45, 2.75) is 17.3 Å². The lowest BCUT2D eigenvalue weighted by atomic mass is 10.2. The van der Waals surface area contributed by atoms with Crippen LogP contribution >= 0.6 is 23.5 Å². The fourth-order valence-corrected chi connectivity index (χ4v) is 3.55. The van der Waals surface area contributed by atoms with Gasteiger partial charge < -0.3 is 10.6 Å². The summed E-state index contributed by atoms with van der Waals surface area (Å²) >= 11 is 2.61. The van der Waals surface area contributed by atoms with Crippen molar-refractivity contribution < 1.29 is 14.0 Å². The van der Waals surface area contributed by atoms with Crippen LogP contribution in [0.2, 0.25) is 0 Å². The van der Waals surface area contributed by atoms with Crippen molar-refractivity contribution in [2.24, 2.45) is 0 Å². The lowest BCUT2D eigenvalue weighted by Gasteiger charge is -2.13. The molecule has 11 heteroatoms. The highest BCUT2D eigenvalue weighted by Crippen LogP contribution is 2.20. The van der Waals surface area contributed by atoms with Gasteiger partial charge >= 0.3 is 0 Å². The number of carbonyl (C=O) groups is 2. The molecule has 0 saturated heterocycles. The van der Waals surface area contributed by atoms with Crippen molar-refractivity contribution in [1.29, 1.82) is 0 Å². The maximum Gasteiger partial charge on any atom is 0.237 e. The minimum absolute atomic E-state index is 0.0910. The molecule has 1 unspecified atom stereocenters. The van der Waals surface area contributed by atoms with Crippen LogP contribution in [0.15, 0.2) is 53.7 Å². The molecule has 0 radical (unpaired) electrons. The number of aromatic nitrogens is 4. The number of nitrogens with zero attached hydrogens (tertiary/aromatic N) is 4. The van der Waals surface area contributed by atoms with Crippen molar-refractivity contribution >= 4 is 46.7 Å². The van der Waals surface area contributed by atoms with Crippen molar-refractivity contribution in [3.05, 3.63) is 54.3 Å². The van der Waals surface area contributed by atoms with Crippen LogP contribution in [0.1, 0.15) is 6.92 Å². The Morgan fingerprint density at radius 3 is 2.63 bits per heavy atom. The maximum atomic E-state index is 12.9. The van der Waals surface area contributed by atoms with E-state index in [0.29, 0.717) is 16.5 Å². The third kappa shape index (κ3) is 5.80. The number of hydrogen-bond acceptors (Lipinski definition) is 7. The summed E-state index contributed by atoms with van der Waals surface area (Å²) in [5.74, 6) is -0.778. The first kappa shape index (κ1) is 21.8. The van der Waals surface area contributed by atoms with Crippen LogP contribution in [-0.2, 0) is 9.59 Å². The Bertz CT molecular complexity index is 1030. The minimum Gasteiger partial charge on any atom is -0.325 e. The number of benzene rings is 2. The fourth-order valence-electron chi connectivity index (χ4n) is 2.43. The molecule has 0 aliphatic heterocycles. The summed E-state index contributed by atoms with van der Waals surface area (Å²) in [6.45, 7) is 1.72. The lowest BCUT2D eigenvalue weighted by Crippen LogP contribution is -2.25. The molecule has 0 aliphatic rings. The van der Waals surface area contributed by atoms with E-state index in [1.807, 2.05) is 12.3 Å². The molecule has 30 heavy (non-hydrogen) atoms. The monoisotopic (exact) mass is 446 g/mol. The van der Waals surface area contributed by atoms with Crippen LogP contribution in [0.4, 0.5) is 15.8 Å². The normalized spacial score (nSPS) is 11.7. The average Bonchev–Trinajstić information content (AvgIpc) is 3.23. The van der Waals surface area contributed by atoms with Gasteiger partial charge in [0.15, 0.2) is 0 Å². The molecule has 3 aromatic rings. The second-order valence-electron chi connectivity index (χ2n) is 6.13. The van der Waals surface area contributed by atoms with Gasteiger partial charge in [0.1, 0.15) is 5.82 Å². The van der Waals surface area contributed by atoms with Crippen LogP contribution in [-0.4, -0.2) is 49.3 Å². The summed E-state index contributed by atoms with van der Waals surface area (Å²) in [4.78, 5) is 24.5. The van der Waals surface area contributed by atoms with E-state index in [1.54, 1.807) is 29.8 Å². The van der Waals surface area contributed by atoms with Gasteiger partial charge in [-0.1, -0.05) is 17.8 Å². The van der Waals surface area contributed by atoms with Gasteiger partial charge in [0.25, 0.3) is 0 Å². The SMILES string of the molecule is CSc1nnnn1-c1cccc(NC(=O)C(C)SCC(=O)Nc2ccc(F)cc2)c1. The first-order valence-corrected chi connectivity index (χ1v) is 11.1. The van der Waals surface area contributed by atoms with Crippen LogP contribution in [0, 0.1) is 5.82 Å². The van der Waals surface area contributed by atoms with E-state index in [9.17, 15) is 14.0 Å². The molecule has 3 rings (SSSR count). The van der Waals surface area contributed by atoms with Crippen molar-refractivity contribution in [1.82, 2.24) is 20.2 Å². The highest BCUT2D eigenvalue weighted by molar-refractivity contribution is 8.01. The number of rotatable bonds is 8. The second-order valence-corrected chi connectivity index (χ2v) is 8.23. The van der Waals surface area contributed by atoms with Gasteiger partial charge in [-0.25, -0.2) is 4.39 Å². The molecule has 0 saturated carbocycles. The predicted molar refractivity (Wildman–Crippen MR) is 117 cm³/mol. The number of nitrogens with one attached hydrogen (secondary N) is 2. The summed E-state index contributed by atoms with van der Waals surface area (Å²) in [6.07, 6.45) is 1.87. The van der Waals surface area contributed by atoms with E-state index in [0.717, 1.165) is 5.69 Å². The second kappa shape index (κ2) is 10.2. The van der Waals surface area contributed by atoms with Crippen LogP contribution in [0.25, 0.3) is 5.69 Å². The summed E-state index contributed by atoms with van der Waals surface area (Å²) in [5, 5.41) is 17.2. The van der Waals surface area contributed by atoms with Crippen molar-refractivity contribution in [3.8, 4) is 5.69 Å². The number of anilines is 2. The van der Waals surface area contributed by atoms with E-state index in [-0.39, 0.29) is 23.4 Å². The molecule has 0 aliphatic carbocycles. The summed E-state index contributed by atoms with van der Waals surface area (Å²) in [5.41, 5.74) is 1.83. The van der Waals surface area contributed by atoms with Crippen LogP contribution in [0.3, 0.4) is 0 Å². The molecular formula is C19H19FN6O2S2. The van der Waals surface area contributed by atoms with Crippen LogP contribution < -0.4 is 10.6 Å². The van der Waals surface area contributed by atoms with Gasteiger partial charge in [-0.05, 0) is 66.1 Å². The van der Waals surface area contributed by atoms with Crippen molar-refractivity contribution in [2.75, 3.05) is 22.6 Å². The molecule has 0 spiro atoms. The standard InChI is InChI=1S/C19H19FN6O2S2/c1-12(30-11-17(27)21-14-8-6-13(20)7-9-14)18(28)22-15-4-3-5-16(10-15)26-19(29-2)23-24-25-26/h3-10,12H,11H2,1-2H3,(H,21,27)(H,22,28). The zero-order valence-electron chi connectivity index (χ0n) is 16.2. The van der Waals surface area contributed by atoms with Gasteiger partial charge in [-0.2, -0.15) is 4.68 Å². The highest BCUT2D eigenvalue weighted by atomic mass is 32.2. The maximum absolute atomic E-state index is 12.9. The Labute approximate surface area is 181 Å². The molecule has 0 fully saturated rings. The summed E-state index contributed by atoms with van der Waals surface area (Å²) < 4.78 is 14.5. The number of halogens is 1. The van der Waals surface area contributed by atoms with E-state index in [2.05, 4.69) is 26.2 Å². The van der Waals surface area contributed by atoms with Gasteiger partial charge in [0.05, 0.1) is 16.7 Å². The lowest BCUT2D eigenvalue weighted by molar-refractivity contribution is -0.115. The van der Waals surface area contributed by atoms with E-state index in [1.165, 1.54) is 47.8 Å². The molecule has 1 atom stereocenters. The first-order valence-electron chi connectivity index (χ1n) is 8.87. The van der Waals surface area contributed by atoms with Gasteiger partial charge in [0, 0.05) is 11.4 Å². The molecular weight excluding hydrogens is 427 g/mol.